The third-order valence-corrected chi connectivity index (χ3v) is 3.93. The van der Waals surface area contributed by atoms with E-state index in [0.717, 1.165) is 0 Å². The molecule has 0 atom stereocenters. The Morgan fingerprint density at radius 1 is 1.00 bits per heavy atom. The molecule has 148 valence electrons. The van der Waals surface area contributed by atoms with Gasteiger partial charge in [0.05, 0.1) is 11.8 Å². The third kappa shape index (κ3) is 5.38. The van der Waals surface area contributed by atoms with Gasteiger partial charge in [0.15, 0.2) is 5.78 Å². The van der Waals surface area contributed by atoms with E-state index in [-0.39, 0.29) is 29.4 Å². The molecule has 0 aliphatic carbocycles. The number of hydrogen-bond donors (Lipinski definition) is 2. The summed E-state index contributed by atoms with van der Waals surface area (Å²) in [7, 11) is 0. The fourth-order valence-electron chi connectivity index (χ4n) is 2.58. The Balaban J connectivity index is 1.74. The van der Waals surface area contributed by atoms with Gasteiger partial charge < -0.3 is 15.4 Å². The first-order valence-electron chi connectivity index (χ1n) is 9.20. The monoisotopic (exact) mass is 390 g/mol. The summed E-state index contributed by atoms with van der Waals surface area (Å²) in [5.74, 6) is 0.546. The van der Waals surface area contributed by atoms with Crippen molar-refractivity contribution in [3.63, 3.8) is 0 Å². The van der Waals surface area contributed by atoms with Gasteiger partial charge in [0.2, 0.25) is 5.95 Å². The van der Waals surface area contributed by atoms with Crippen LogP contribution in [0.15, 0.2) is 60.8 Å². The summed E-state index contributed by atoms with van der Waals surface area (Å²) in [4.78, 5) is 32.3. The van der Waals surface area contributed by atoms with E-state index >= 15 is 0 Å². The van der Waals surface area contributed by atoms with Crippen LogP contribution >= 0.6 is 0 Å². The third-order valence-electron chi connectivity index (χ3n) is 3.93. The minimum atomic E-state index is -0.377. The molecule has 0 radical (unpaired) electrons. The number of nitrogens with zero attached hydrogens (tertiary/aromatic N) is 2. The lowest BCUT2D eigenvalue weighted by atomic mass is 10.1. The molecule has 1 aromatic heterocycles. The molecule has 1 heterocycles. The number of Topliss-reactive ketones (excluding diaryl/α,β-unsaturated/α-hetero) is 1. The number of ether oxygens (including phenoxy) is 1. The van der Waals surface area contributed by atoms with Crippen molar-refractivity contribution in [2.24, 2.45) is 0 Å². The number of anilines is 3. The predicted molar refractivity (Wildman–Crippen MR) is 112 cm³/mol. The van der Waals surface area contributed by atoms with Crippen molar-refractivity contribution in [1.29, 1.82) is 0 Å². The number of para-hydroxylation sites is 2. The van der Waals surface area contributed by atoms with Gasteiger partial charge in [-0.2, -0.15) is 0 Å². The van der Waals surface area contributed by atoms with E-state index in [9.17, 15) is 9.59 Å². The molecule has 0 bridgehead atoms. The number of benzene rings is 2. The first kappa shape index (κ1) is 20.0. The van der Waals surface area contributed by atoms with E-state index < -0.39 is 0 Å². The molecule has 0 fully saturated rings. The molecule has 7 nitrogen and oxygen atoms in total. The number of amides is 1. The zero-order chi connectivity index (χ0) is 20.8. The molecular formula is C22H22N4O3. The lowest BCUT2D eigenvalue weighted by Gasteiger charge is -2.14. The van der Waals surface area contributed by atoms with Gasteiger partial charge in [0, 0.05) is 17.4 Å². The zero-order valence-corrected chi connectivity index (χ0v) is 16.5. The van der Waals surface area contributed by atoms with Gasteiger partial charge in [-0.15, -0.1) is 0 Å². The smallest absolute Gasteiger partial charge is 0.274 e. The van der Waals surface area contributed by atoms with Gasteiger partial charge in [-0.25, -0.2) is 9.97 Å². The summed E-state index contributed by atoms with van der Waals surface area (Å²) >= 11 is 0. The van der Waals surface area contributed by atoms with Crippen molar-refractivity contribution in [2.45, 2.75) is 26.9 Å². The highest BCUT2D eigenvalue weighted by atomic mass is 16.5. The summed E-state index contributed by atoms with van der Waals surface area (Å²) in [6, 6.07) is 15.7. The fourth-order valence-corrected chi connectivity index (χ4v) is 2.58. The number of aromatic nitrogens is 2. The van der Waals surface area contributed by atoms with E-state index in [1.54, 1.807) is 24.3 Å². The molecule has 3 rings (SSSR count). The van der Waals surface area contributed by atoms with Crippen LogP contribution in [0, 0.1) is 0 Å². The molecule has 0 saturated heterocycles. The van der Waals surface area contributed by atoms with Gasteiger partial charge in [-0.05, 0) is 63.2 Å². The SMILES string of the molecule is CC(=O)c1ccc(NC(=O)c2ccnc(Nc3ccccc3OC(C)C)n2)cc1. The molecule has 2 aromatic carbocycles. The number of ketones is 1. The van der Waals surface area contributed by atoms with Gasteiger partial charge in [0.1, 0.15) is 11.4 Å². The number of carbonyl (C=O) groups is 2. The van der Waals surface area contributed by atoms with Crippen LogP contribution in [0.3, 0.4) is 0 Å². The second kappa shape index (κ2) is 8.97. The van der Waals surface area contributed by atoms with Crippen molar-refractivity contribution in [2.75, 3.05) is 10.6 Å². The number of nitrogens with one attached hydrogen (secondary N) is 2. The van der Waals surface area contributed by atoms with Gasteiger partial charge >= 0.3 is 0 Å². The van der Waals surface area contributed by atoms with Crippen LogP contribution in [-0.4, -0.2) is 27.8 Å². The second-order valence-electron chi connectivity index (χ2n) is 6.64. The average molecular weight is 390 g/mol. The first-order chi connectivity index (χ1) is 13.9. The lowest BCUT2D eigenvalue weighted by Crippen LogP contribution is -2.15. The molecule has 7 heteroatoms. The molecule has 0 aliphatic heterocycles. The maximum Gasteiger partial charge on any atom is 0.274 e. The highest BCUT2D eigenvalue weighted by Gasteiger charge is 2.12. The first-order valence-corrected chi connectivity index (χ1v) is 9.20. The second-order valence-corrected chi connectivity index (χ2v) is 6.64. The van der Waals surface area contributed by atoms with E-state index in [1.165, 1.54) is 19.2 Å². The van der Waals surface area contributed by atoms with E-state index in [2.05, 4.69) is 20.6 Å². The van der Waals surface area contributed by atoms with Gasteiger partial charge in [0.25, 0.3) is 5.91 Å². The van der Waals surface area contributed by atoms with Crippen LogP contribution in [0.5, 0.6) is 5.75 Å². The van der Waals surface area contributed by atoms with Gasteiger partial charge in [-0.3, -0.25) is 9.59 Å². The lowest BCUT2D eigenvalue weighted by molar-refractivity contribution is 0.101. The molecule has 2 N–H and O–H groups in total. The predicted octanol–water partition coefficient (Wildman–Crippen LogP) is 4.46. The molecule has 29 heavy (non-hydrogen) atoms. The standard InChI is InChI=1S/C22H22N4O3/c1-14(2)29-20-7-5-4-6-18(20)25-22-23-13-12-19(26-22)21(28)24-17-10-8-16(9-11-17)15(3)27/h4-14H,1-3H3,(H,24,28)(H,23,25,26). The van der Waals surface area contributed by atoms with E-state index in [0.29, 0.717) is 22.7 Å². The largest absolute Gasteiger partial charge is 0.489 e. The van der Waals surface area contributed by atoms with Crippen LogP contribution in [0.4, 0.5) is 17.3 Å². The van der Waals surface area contributed by atoms with E-state index in [1.807, 2.05) is 38.1 Å². The van der Waals surface area contributed by atoms with Gasteiger partial charge in [-0.1, -0.05) is 12.1 Å². The van der Waals surface area contributed by atoms with Crippen LogP contribution in [-0.2, 0) is 0 Å². The maximum absolute atomic E-state index is 12.5. The molecular weight excluding hydrogens is 368 g/mol. The Morgan fingerprint density at radius 3 is 2.41 bits per heavy atom. The summed E-state index contributed by atoms with van der Waals surface area (Å²) in [6.07, 6.45) is 1.53. The molecule has 0 unspecified atom stereocenters. The van der Waals surface area contributed by atoms with E-state index in [4.69, 9.17) is 4.74 Å². The molecule has 1 amide bonds. The van der Waals surface area contributed by atoms with Crippen LogP contribution < -0.4 is 15.4 Å². The van der Waals surface area contributed by atoms with Crippen LogP contribution in [0.2, 0.25) is 0 Å². The summed E-state index contributed by atoms with van der Waals surface area (Å²) in [6.45, 7) is 5.38. The Labute approximate surface area is 169 Å². The normalized spacial score (nSPS) is 10.5. The molecule has 0 aliphatic rings. The quantitative estimate of drug-likeness (QED) is 0.579. The summed E-state index contributed by atoms with van der Waals surface area (Å²) in [5.41, 5.74) is 2.07. The Morgan fingerprint density at radius 2 is 1.72 bits per heavy atom. The Kier molecular flexibility index (Phi) is 6.19. The minimum Gasteiger partial charge on any atom is -0.489 e. The van der Waals surface area contributed by atoms with Crippen LogP contribution in [0.1, 0.15) is 41.6 Å². The highest BCUT2D eigenvalue weighted by molar-refractivity contribution is 6.03. The minimum absolute atomic E-state index is 0.0189. The molecule has 0 spiro atoms. The van der Waals surface area contributed by atoms with Crippen molar-refractivity contribution in [3.8, 4) is 5.75 Å². The van der Waals surface area contributed by atoms with Crippen molar-refractivity contribution in [1.82, 2.24) is 9.97 Å². The van der Waals surface area contributed by atoms with Crippen molar-refractivity contribution < 1.29 is 14.3 Å². The Hall–Kier alpha value is -3.74. The zero-order valence-electron chi connectivity index (χ0n) is 16.5. The Bertz CT molecular complexity index is 1020. The number of carbonyl (C=O) groups excluding carboxylic acids is 2. The summed E-state index contributed by atoms with van der Waals surface area (Å²) in [5, 5.41) is 5.85. The average Bonchev–Trinajstić information content (AvgIpc) is 2.70. The molecule has 3 aromatic rings. The summed E-state index contributed by atoms with van der Waals surface area (Å²) < 4.78 is 5.78. The van der Waals surface area contributed by atoms with Crippen molar-refractivity contribution >= 4 is 29.0 Å². The number of rotatable bonds is 7. The molecule has 0 saturated carbocycles. The van der Waals surface area contributed by atoms with Crippen molar-refractivity contribution in [3.05, 3.63) is 72.1 Å². The maximum atomic E-state index is 12.5. The fraction of sp³-hybridized carbons (Fsp3) is 0.182. The number of hydrogen-bond acceptors (Lipinski definition) is 6. The van der Waals surface area contributed by atoms with Crippen LogP contribution in [0.25, 0.3) is 0 Å². The topological polar surface area (TPSA) is 93.2 Å². The highest BCUT2D eigenvalue weighted by Crippen LogP contribution is 2.27.